The van der Waals surface area contributed by atoms with Crippen LogP contribution in [0.5, 0.6) is 0 Å². The zero-order chi connectivity index (χ0) is 10.7. The largest absolute Gasteiger partial charge is 0.478 e. The second-order valence-corrected chi connectivity index (χ2v) is 3.45. The molecule has 0 amide bonds. The van der Waals surface area contributed by atoms with E-state index in [2.05, 4.69) is 6.92 Å². The molecule has 0 fully saturated rings. The van der Waals surface area contributed by atoms with Crippen LogP contribution < -0.4 is 0 Å². The molecule has 0 heterocycles. The van der Waals surface area contributed by atoms with Crippen molar-refractivity contribution in [1.82, 2.24) is 0 Å². The van der Waals surface area contributed by atoms with Crippen molar-refractivity contribution in [2.45, 2.75) is 20.8 Å². The first-order valence-electron chi connectivity index (χ1n) is 4.49. The highest BCUT2D eigenvalue weighted by atomic mass is 16.4. The number of carboxylic acid groups (broad SMARTS) is 1. The quantitative estimate of drug-likeness (QED) is 0.728. The van der Waals surface area contributed by atoms with Crippen LogP contribution in [0, 0.1) is 20.8 Å². The lowest BCUT2D eigenvalue weighted by atomic mass is 10.0. The minimum atomic E-state index is -0.916. The summed E-state index contributed by atoms with van der Waals surface area (Å²) in [5, 5.41) is 8.48. The van der Waals surface area contributed by atoms with E-state index < -0.39 is 5.97 Å². The minimum absolute atomic E-state index is 0.916. The molecule has 0 aliphatic heterocycles. The standard InChI is InChI=1S/C12H14O2/c1-8-6-11(4-5-12(13)14)7-9(2)10(8)3/h4-7H,1-3H3,(H,13,14). The van der Waals surface area contributed by atoms with E-state index in [0.717, 1.165) is 11.6 Å². The third-order valence-electron chi connectivity index (χ3n) is 2.37. The molecule has 1 N–H and O–H groups in total. The molecular weight excluding hydrogens is 176 g/mol. The summed E-state index contributed by atoms with van der Waals surface area (Å²) in [5.41, 5.74) is 4.58. The van der Waals surface area contributed by atoms with Gasteiger partial charge in [-0.05, 0) is 49.1 Å². The Balaban J connectivity index is 3.07. The van der Waals surface area contributed by atoms with Gasteiger partial charge in [0.15, 0.2) is 0 Å². The summed E-state index contributed by atoms with van der Waals surface area (Å²) in [7, 11) is 0. The first kappa shape index (κ1) is 10.5. The smallest absolute Gasteiger partial charge is 0.328 e. The Kier molecular flexibility index (Phi) is 3.07. The lowest BCUT2D eigenvalue weighted by molar-refractivity contribution is -0.131. The number of carboxylic acids is 1. The molecule has 1 rings (SSSR count). The van der Waals surface area contributed by atoms with Gasteiger partial charge in [-0.3, -0.25) is 0 Å². The van der Waals surface area contributed by atoms with Crippen LogP contribution >= 0.6 is 0 Å². The van der Waals surface area contributed by atoms with Crippen LogP contribution in [0.4, 0.5) is 0 Å². The number of aryl methyl sites for hydroxylation is 2. The van der Waals surface area contributed by atoms with Crippen molar-refractivity contribution >= 4 is 12.0 Å². The van der Waals surface area contributed by atoms with E-state index in [9.17, 15) is 4.79 Å². The Morgan fingerprint density at radius 3 is 2.14 bits per heavy atom. The molecular formula is C12H14O2. The Morgan fingerprint density at radius 2 is 1.71 bits per heavy atom. The number of hydrogen-bond acceptors (Lipinski definition) is 1. The van der Waals surface area contributed by atoms with Gasteiger partial charge in [-0.1, -0.05) is 12.1 Å². The molecule has 1 aromatic rings. The SMILES string of the molecule is Cc1cc(C=CC(=O)O)cc(C)c1C. The van der Waals surface area contributed by atoms with Gasteiger partial charge in [0.05, 0.1) is 0 Å². The Labute approximate surface area is 83.9 Å². The predicted molar refractivity (Wildman–Crippen MR) is 57.3 cm³/mol. The van der Waals surface area contributed by atoms with Gasteiger partial charge in [-0.25, -0.2) is 4.79 Å². The minimum Gasteiger partial charge on any atom is -0.478 e. The second kappa shape index (κ2) is 4.09. The molecule has 0 atom stereocenters. The number of rotatable bonds is 2. The van der Waals surface area contributed by atoms with Gasteiger partial charge in [0, 0.05) is 6.08 Å². The van der Waals surface area contributed by atoms with Crippen LogP contribution in [0.2, 0.25) is 0 Å². The Bertz CT molecular complexity index is 366. The average Bonchev–Trinajstić information content (AvgIpc) is 2.10. The molecule has 0 unspecified atom stereocenters. The first-order chi connectivity index (χ1) is 6.50. The molecule has 14 heavy (non-hydrogen) atoms. The number of benzene rings is 1. The van der Waals surface area contributed by atoms with Gasteiger partial charge in [0.1, 0.15) is 0 Å². The summed E-state index contributed by atoms with van der Waals surface area (Å²) in [6.45, 7) is 6.12. The van der Waals surface area contributed by atoms with E-state index in [-0.39, 0.29) is 0 Å². The zero-order valence-corrected chi connectivity index (χ0v) is 8.66. The summed E-state index contributed by atoms with van der Waals surface area (Å²) >= 11 is 0. The summed E-state index contributed by atoms with van der Waals surface area (Å²) in [6, 6.07) is 3.98. The molecule has 0 spiro atoms. The Morgan fingerprint density at radius 1 is 1.21 bits per heavy atom. The highest BCUT2D eigenvalue weighted by Crippen LogP contribution is 2.16. The van der Waals surface area contributed by atoms with Crippen molar-refractivity contribution < 1.29 is 9.90 Å². The number of aliphatic carboxylic acids is 1. The molecule has 74 valence electrons. The maximum absolute atomic E-state index is 10.3. The van der Waals surface area contributed by atoms with Crippen molar-refractivity contribution in [3.8, 4) is 0 Å². The van der Waals surface area contributed by atoms with E-state index in [1.165, 1.54) is 16.7 Å². The normalized spacial score (nSPS) is 10.8. The van der Waals surface area contributed by atoms with Crippen LogP contribution in [-0.4, -0.2) is 11.1 Å². The van der Waals surface area contributed by atoms with Crippen molar-refractivity contribution in [1.29, 1.82) is 0 Å². The first-order valence-corrected chi connectivity index (χ1v) is 4.49. The molecule has 0 aliphatic rings. The van der Waals surface area contributed by atoms with Gasteiger partial charge in [0.2, 0.25) is 0 Å². The van der Waals surface area contributed by atoms with Gasteiger partial charge in [-0.15, -0.1) is 0 Å². The Hall–Kier alpha value is -1.57. The van der Waals surface area contributed by atoms with Crippen molar-refractivity contribution in [3.05, 3.63) is 40.5 Å². The molecule has 2 heteroatoms. The lowest BCUT2D eigenvalue weighted by Crippen LogP contribution is -1.89. The van der Waals surface area contributed by atoms with Gasteiger partial charge in [-0.2, -0.15) is 0 Å². The molecule has 0 saturated carbocycles. The van der Waals surface area contributed by atoms with E-state index in [1.54, 1.807) is 6.08 Å². The van der Waals surface area contributed by atoms with Gasteiger partial charge < -0.3 is 5.11 Å². The van der Waals surface area contributed by atoms with Gasteiger partial charge in [0.25, 0.3) is 0 Å². The molecule has 0 radical (unpaired) electrons. The monoisotopic (exact) mass is 190 g/mol. The third-order valence-corrected chi connectivity index (χ3v) is 2.37. The van der Waals surface area contributed by atoms with Crippen LogP contribution in [0.1, 0.15) is 22.3 Å². The maximum atomic E-state index is 10.3. The summed E-state index contributed by atoms with van der Waals surface area (Å²) in [6.07, 6.45) is 2.77. The van der Waals surface area contributed by atoms with Crippen LogP contribution in [0.15, 0.2) is 18.2 Å². The van der Waals surface area contributed by atoms with Crippen LogP contribution in [-0.2, 0) is 4.79 Å². The second-order valence-electron chi connectivity index (χ2n) is 3.45. The fourth-order valence-electron chi connectivity index (χ4n) is 1.33. The summed E-state index contributed by atoms with van der Waals surface area (Å²) in [4.78, 5) is 10.3. The molecule has 2 nitrogen and oxygen atoms in total. The molecule has 0 aromatic heterocycles. The molecule has 0 aliphatic carbocycles. The van der Waals surface area contributed by atoms with E-state index >= 15 is 0 Å². The lowest BCUT2D eigenvalue weighted by Gasteiger charge is -2.05. The molecule has 1 aromatic carbocycles. The molecule has 0 saturated heterocycles. The average molecular weight is 190 g/mol. The fourth-order valence-corrected chi connectivity index (χ4v) is 1.33. The molecule has 0 bridgehead atoms. The highest BCUT2D eigenvalue weighted by molar-refractivity contribution is 5.85. The summed E-state index contributed by atoms with van der Waals surface area (Å²) in [5.74, 6) is -0.916. The van der Waals surface area contributed by atoms with Crippen LogP contribution in [0.3, 0.4) is 0 Å². The highest BCUT2D eigenvalue weighted by Gasteiger charge is 1.98. The third kappa shape index (κ3) is 2.46. The zero-order valence-electron chi connectivity index (χ0n) is 8.66. The number of hydrogen-bond donors (Lipinski definition) is 1. The van der Waals surface area contributed by atoms with E-state index in [0.29, 0.717) is 0 Å². The predicted octanol–water partition coefficient (Wildman–Crippen LogP) is 2.71. The van der Waals surface area contributed by atoms with Crippen LogP contribution in [0.25, 0.3) is 6.08 Å². The topological polar surface area (TPSA) is 37.3 Å². The van der Waals surface area contributed by atoms with Crippen molar-refractivity contribution in [2.75, 3.05) is 0 Å². The summed E-state index contributed by atoms with van der Waals surface area (Å²) < 4.78 is 0. The number of carbonyl (C=O) groups is 1. The van der Waals surface area contributed by atoms with E-state index in [1.807, 2.05) is 26.0 Å². The van der Waals surface area contributed by atoms with Crippen molar-refractivity contribution in [3.63, 3.8) is 0 Å². The van der Waals surface area contributed by atoms with Gasteiger partial charge >= 0.3 is 5.97 Å². The van der Waals surface area contributed by atoms with Crippen molar-refractivity contribution in [2.24, 2.45) is 0 Å². The maximum Gasteiger partial charge on any atom is 0.328 e. The fraction of sp³-hybridized carbons (Fsp3) is 0.250. The van der Waals surface area contributed by atoms with E-state index in [4.69, 9.17) is 5.11 Å².